The van der Waals surface area contributed by atoms with Gasteiger partial charge in [0.2, 0.25) is 5.91 Å². The number of hydrogen-bond acceptors (Lipinski definition) is 4. The molecule has 0 bridgehead atoms. The molecule has 1 rings (SSSR count). The van der Waals surface area contributed by atoms with E-state index in [1.165, 1.54) is 25.4 Å². The van der Waals surface area contributed by atoms with E-state index in [9.17, 15) is 9.59 Å². The molecule has 0 radical (unpaired) electrons. The predicted molar refractivity (Wildman–Crippen MR) is 55.4 cm³/mol. The molecule has 16 heavy (non-hydrogen) atoms. The smallest absolute Gasteiger partial charge is 0.270 e. The van der Waals surface area contributed by atoms with Crippen molar-refractivity contribution in [1.82, 2.24) is 15.6 Å². The van der Waals surface area contributed by atoms with Crippen LogP contribution in [-0.2, 0) is 4.79 Å². The first-order valence-corrected chi connectivity index (χ1v) is 4.52. The second-order valence-electron chi connectivity index (χ2n) is 2.90. The molecule has 0 fully saturated rings. The average Bonchev–Trinajstić information content (AvgIpc) is 2.35. The van der Waals surface area contributed by atoms with Crippen molar-refractivity contribution in [2.45, 2.75) is 0 Å². The van der Waals surface area contributed by atoms with Gasteiger partial charge in [-0.1, -0.05) is 0 Å². The Morgan fingerprint density at radius 2 is 2.25 bits per heavy atom. The molecule has 1 heterocycles. The normalized spacial score (nSPS) is 9.00. The zero-order chi connectivity index (χ0) is 12.0. The van der Waals surface area contributed by atoms with E-state index in [1.807, 2.05) is 6.07 Å². The van der Waals surface area contributed by atoms with Crippen molar-refractivity contribution in [2.75, 3.05) is 13.6 Å². The van der Waals surface area contributed by atoms with Crippen LogP contribution >= 0.6 is 0 Å². The summed E-state index contributed by atoms with van der Waals surface area (Å²) >= 11 is 0. The average molecular weight is 218 g/mol. The summed E-state index contributed by atoms with van der Waals surface area (Å²) in [5.74, 6) is -0.741. The topological polar surface area (TPSA) is 94.9 Å². The summed E-state index contributed by atoms with van der Waals surface area (Å²) in [6, 6.07) is 4.81. The summed E-state index contributed by atoms with van der Waals surface area (Å²) in [5, 5.41) is 13.3. The van der Waals surface area contributed by atoms with E-state index in [2.05, 4.69) is 15.6 Å². The van der Waals surface area contributed by atoms with Gasteiger partial charge in [-0.05, 0) is 12.1 Å². The minimum Gasteiger partial charge on any atom is -0.358 e. The Morgan fingerprint density at radius 3 is 2.75 bits per heavy atom. The van der Waals surface area contributed by atoms with Crippen molar-refractivity contribution in [2.24, 2.45) is 0 Å². The fourth-order valence-electron chi connectivity index (χ4n) is 0.934. The summed E-state index contributed by atoms with van der Waals surface area (Å²) in [4.78, 5) is 26.1. The van der Waals surface area contributed by atoms with Gasteiger partial charge in [-0.2, -0.15) is 5.26 Å². The molecule has 0 spiro atoms. The summed E-state index contributed by atoms with van der Waals surface area (Å²) in [6.07, 6.45) is 1.30. The van der Waals surface area contributed by atoms with Crippen LogP contribution in [0.4, 0.5) is 0 Å². The van der Waals surface area contributed by atoms with E-state index in [-0.39, 0.29) is 18.1 Å². The predicted octanol–water partition coefficient (Wildman–Crippen LogP) is -0.571. The van der Waals surface area contributed by atoms with Crippen LogP contribution < -0.4 is 10.6 Å². The maximum absolute atomic E-state index is 11.4. The number of nitrogens with zero attached hydrogens (tertiary/aromatic N) is 2. The zero-order valence-corrected chi connectivity index (χ0v) is 8.65. The van der Waals surface area contributed by atoms with Crippen LogP contribution in [0, 0.1) is 11.3 Å². The summed E-state index contributed by atoms with van der Waals surface area (Å²) in [5.41, 5.74) is 0.547. The molecule has 0 unspecified atom stereocenters. The fourth-order valence-corrected chi connectivity index (χ4v) is 0.934. The van der Waals surface area contributed by atoms with Gasteiger partial charge < -0.3 is 10.6 Å². The number of nitriles is 1. The first-order valence-electron chi connectivity index (χ1n) is 4.52. The molecule has 2 amide bonds. The standard InChI is InChI=1S/C10H10N4O2/c1-12-9(15)6-14-10(16)8-3-2-7(4-11)5-13-8/h2-3,5H,6H2,1H3,(H,12,15)(H,14,16). The number of aromatic nitrogens is 1. The van der Waals surface area contributed by atoms with Crippen LogP contribution in [0.1, 0.15) is 16.1 Å². The quantitative estimate of drug-likeness (QED) is 0.710. The lowest BCUT2D eigenvalue weighted by atomic mass is 10.2. The first kappa shape index (κ1) is 11.7. The number of pyridine rings is 1. The van der Waals surface area contributed by atoms with Crippen molar-refractivity contribution in [3.8, 4) is 6.07 Å². The minimum atomic E-state index is -0.451. The van der Waals surface area contributed by atoms with Gasteiger partial charge >= 0.3 is 0 Å². The Hall–Kier alpha value is -2.42. The van der Waals surface area contributed by atoms with Gasteiger partial charge in [0.15, 0.2) is 0 Å². The number of hydrogen-bond donors (Lipinski definition) is 2. The number of carbonyl (C=O) groups excluding carboxylic acids is 2. The Morgan fingerprint density at radius 1 is 1.50 bits per heavy atom. The second kappa shape index (κ2) is 5.46. The summed E-state index contributed by atoms with van der Waals surface area (Å²) in [7, 11) is 1.48. The van der Waals surface area contributed by atoms with E-state index in [1.54, 1.807) is 0 Å². The Labute approximate surface area is 92.3 Å². The lowest BCUT2D eigenvalue weighted by molar-refractivity contribution is -0.119. The molecule has 0 atom stereocenters. The number of carbonyl (C=O) groups is 2. The molecular formula is C10H10N4O2. The third-order valence-corrected chi connectivity index (χ3v) is 1.81. The van der Waals surface area contributed by atoms with Gasteiger partial charge in [0.25, 0.3) is 5.91 Å². The van der Waals surface area contributed by atoms with E-state index in [0.29, 0.717) is 5.56 Å². The number of rotatable bonds is 3. The van der Waals surface area contributed by atoms with Crippen LogP contribution in [-0.4, -0.2) is 30.4 Å². The summed E-state index contributed by atoms with van der Waals surface area (Å²) in [6.45, 7) is -0.100. The van der Waals surface area contributed by atoms with E-state index in [0.717, 1.165) is 0 Å². The fraction of sp³-hybridized carbons (Fsp3) is 0.200. The molecule has 0 saturated carbocycles. The zero-order valence-electron chi connectivity index (χ0n) is 8.65. The highest BCUT2D eigenvalue weighted by Gasteiger charge is 2.07. The molecule has 1 aromatic rings. The van der Waals surface area contributed by atoms with E-state index >= 15 is 0 Å². The maximum Gasteiger partial charge on any atom is 0.270 e. The first-order chi connectivity index (χ1) is 7.67. The Kier molecular flexibility index (Phi) is 3.98. The third-order valence-electron chi connectivity index (χ3n) is 1.81. The van der Waals surface area contributed by atoms with Crippen molar-refractivity contribution in [3.05, 3.63) is 29.6 Å². The molecule has 0 aromatic carbocycles. The van der Waals surface area contributed by atoms with Gasteiger partial charge in [0.05, 0.1) is 12.1 Å². The second-order valence-corrected chi connectivity index (χ2v) is 2.90. The summed E-state index contributed by atoms with van der Waals surface area (Å²) < 4.78 is 0. The third kappa shape index (κ3) is 3.06. The molecule has 0 aliphatic carbocycles. The van der Waals surface area contributed by atoms with E-state index in [4.69, 9.17) is 5.26 Å². The van der Waals surface area contributed by atoms with Gasteiger partial charge in [-0.15, -0.1) is 0 Å². The molecule has 6 nitrogen and oxygen atoms in total. The molecule has 2 N–H and O–H groups in total. The van der Waals surface area contributed by atoms with Crippen LogP contribution in [0.2, 0.25) is 0 Å². The lowest BCUT2D eigenvalue weighted by Crippen LogP contribution is -2.35. The van der Waals surface area contributed by atoms with Gasteiger partial charge in [-0.25, -0.2) is 4.98 Å². The number of nitrogens with one attached hydrogen (secondary N) is 2. The molecule has 0 aliphatic heterocycles. The molecule has 6 heteroatoms. The molecule has 1 aromatic heterocycles. The van der Waals surface area contributed by atoms with Gasteiger partial charge in [-0.3, -0.25) is 9.59 Å². The highest BCUT2D eigenvalue weighted by Crippen LogP contribution is 1.98. The van der Waals surface area contributed by atoms with Crippen LogP contribution in [0.15, 0.2) is 18.3 Å². The van der Waals surface area contributed by atoms with Gasteiger partial charge in [0, 0.05) is 13.2 Å². The number of amides is 2. The maximum atomic E-state index is 11.4. The highest BCUT2D eigenvalue weighted by molar-refractivity contribution is 5.94. The molecule has 82 valence electrons. The van der Waals surface area contributed by atoms with Crippen LogP contribution in [0.25, 0.3) is 0 Å². The van der Waals surface area contributed by atoms with Crippen molar-refractivity contribution < 1.29 is 9.59 Å². The molecule has 0 saturated heterocycles. The Bertz CT molecular complexity index is 433. The van der Waals surface area contributed by atoms with Crippen LogP contribution in [0.5, 0.6) is 0 Å². The SMILES string of the molecule is CNC(=O)CNC(=O)c1ccc(C#N)cn1. The molecule has 0 aliphatic rings. The monoisotopic (exact) mass is 218 g/mol. The van der Waals surface area contributed by atoms with Crippen LogP contribution in [0.3, 0.4) is 0 Å². The minimum absolute atomic E-state index is 0.100. The van der Waals surface area contributed by atoms with Crippen molar-refractivity contribution in [3.63, 3.8) is 0 Å². The molecular weight excluding hydrogens is 208 g/mol. The lowest BCUT2D eigenvalue weighted by Gasteiger charge is -2.03. The highest BCUT2D eigenvalue weighted by atomic mass is 16.2. The van der Waals surface area contributed by atoms with Gasteiger partial charge in [0.1, 0.15) is 11.8 Å². The number of likely N-dealkylation sites (N-methyl/N-ethyl adjacent to an activating group) is 1. The largest absolute Gasteiger partial charge is 0.358 e. The Balaban J connectivity index is 2.60. The van der Waals surface area contributed by atoms with E-state index < -0.39 is 5.91 Å². The van der Waals surface area contributed by atoms with Crippen molar-refractivity contribution >= 4 is 11.8 Å². The van der Waals surface area contributed by atoms with Crippen molar-refractivity contribution in [1.29, 1.82) is 5.26 Å².